The number of benzene rings is 1. The Balaban J connectivity index is 2.16. The van der Waals surface area contributed by atoms with Gasteiger partial charge in [0, 0.05) is 11.1 Å². The maximum absolute atomic E-state index is 11.5. The zero-order valence-electron chi connectivity index (χ0n) is 16.8. The average molecular weight is 398 g/mol. The minimum atomic E-state index is -0.540. The summed E-state index contributed by atoms with van der Waals surface area (Å²) in [7, 11) is 0. The van der Waals surface area contributed by atoms with Crippen molar-refractivity contribution in [2.45, 2.75) is 26.9 Å². The van der Waals surface area contributed by atoms with Crippen LogP contribution in [-0.4, -0.2) is 41.2 Å². The van der Waals surface area contributed by atoms with E-state index in [2.05, 4.69) is 21.9 Å². The Bertz CT molecular complexity index is 1010. The Morgan fingerprint density at radius 1 is 1.38 bits per heavy atom. The first kappa shape index (κ1) is 21.7. The van der Waals surface area contributed by atoms with Crippen LogP contribution in [0.2, 0.25) is 0 Å². The molecule has 0 atom stereocenters. The Kier molecular flexibility index (Phi) is 7.59. The number of carbonyl (C=O) groups is 2. The Morgan fingerprint density at radius 2 is 2.14 bits per heavy atom. The van der Waals surface area contributed by atoms with Crippen molar-refractivity contribution < 1.29 is 19.1 Å². The number of nitrogens with zero attached hydrogens (tertiary/aromatic N) is 1. The van der Waals surface area contributed by atoms with Gasteiger partial charge in [0.2, 0.25) is 5.91 Å². The number of primary amides is 1. The van der Waals surface area contributed by atoms with E-state index >= 15 is 0 Å². The van der Waals surface area contributed by atoms with Crippen LogP contribution in [0.5, 0.6) is 5.75 Å². The number of hydrogen-bond acceptors (Lipinski definition) is 5. The lowest BCUT2D eigenvalue weighted by molar-refractivity contribution is -0.112. The second-order valence-electron chi connectivity index (χ2n) is 6.50. The van der Waals surface area contributed by atoms with Crippen LogP contribution in [-0.2, 0) is 9.53 Å². The number of imidazole rings is 1. The number of aromatic amines is 1. The predicted octanol–water partition coefficient (Wildman–Crippen LogP) is 1.21. The van der Waals surface area contributed by atoms with Crippen LogP contribution in [0.15, 0.2) is 36.9 Å². The molecule has 4 N–H and O–H groups in total. The van der Waals surface area contributed by atoms with Crippen molar-refractivity contribution in [3.63, 3.8) is 0 Å². The Morgan fingerprint density at radius 3 is 2.79 bits per heavy atom. The SMILES string of the molecule is C=C/C=c1/[nH]c(-c2cccc(OCCNC(=O)OC(C)C)c2)n/c1=C(/C)C(N)=O. The van der Waals surface area contributed by atoms with Crippen molar-refractivity contribution in [2.75, 3.05) is 13.2 Å². The molecule has 1 aromatic heterocycles. The molecule has 0 saturated heterocycles. The zero-order valence-corrected chi connectivity index (χ0v) is 16.8. The molecule has 0 bridgehead atoms. The van der Waals surface area contributed by atoms with Gasteiger partial charge >= 0.3 is 6.09 Å². The third-order valence-electron chi connectivity index (χ3n) is 3.83. The molecular weight excluding hydrogens is 372 g/mol. The van der Waals surface area contributed by atoms with Gasteiger partial charge in [0.1, 0.15) is 18.2 Å². The van der Waals surface area contributed by atoms with Crippen LogP contribution in [0.4, 0.5) is 4.79 Å². The van der Waals surface area contributed by atoms with Gasteiger partial charge in [-0.05, 0) is 39.0 Å². The Labute approximate surface area is 169 Å². The fraction of sp³-hybridized carbons (Fsp3) is 0.286. The molecule has 8 nitrogen and oxygen atoms in total. The molecule has 0 aliphatic rings. The van der Waals surface area contributed by atoms with E-state index in [-0.39, 0.29) is 12.7 Å². The summed E-state index contributed by atoms with van der Waals surface area (Å²) in [5, 5.41) is 3.74. The summed E-state index contributed by atoms with van der Waals surface area (Å²) in [6, 6.07) is 7.31. The van der Waals surface area contributed by atoms with Gasteiger partial charge in [0.15, 0.2) is 0 Å². The molecule has 2 aromatic rings. The molecule has 0 radical (unpaired) electrons. The topological polar surface area (TPSA) is 119 Å². The fourth-order valence-electron chi connectivity index (χ4n) is 2.48. The number of H-pyrrole nitrogens is 1. The summed E-state index contributed by atoms with van der Waals surface area (Å²) < 4.78 is 10.7. The number of alkyl carbamates (subject to hydrolysis) is 1. The lowest BCUT2D eigenvalue weighted by Crippen LogP contribution is -2.31. The van der Waals surface area contributed by atoms with Crippen molar-refractivity contribution in [3.05, 3.63) is 47.6 Å². The molecule has 0 fully saturated rings. The van der Waals surface area contributed by atoms with Crippen LogP contribution in [0.3, 0.4) is 0 Å². The highest BCUT2D eigenvalue weighted by Gasteiger charge is 2.09. The number of nitrogens with one attached hydrogen (secondary N) is 2. The first-order chi connectivity index (χ1) is 13.8. The van der Waals surface area contributed by atoms with Gasteiger partial charge in [-0.1, -0.05) is 24.8 Å². The van der Waals surface area contributed by atoms with Gasteiger partial charge in [-0.25, -0.2) is 9.78 Å². The van der Waals surface area contributed by atoms with Crippen LogP contribution >= 0.6 is 0 Å². The van der Waals surface area contributed by atoms with Gasteiger partial charge in [0.05, 0.1) is 23.3 Å². The molecule has 2 amide bonds. The van der Waals surface area contributed by atoms with Gasteiger partial charge in [-0.3, -0.25) is 4.79 Å². The highest BCUT2D eigenvalue weighted by molar-refractivity contribution is 6.11. The summed E-state index contributed by atoms with van der Waals surface area (Å²) in [6.07, 6.45) is 2.67. The molecule has 0 unspecified atom stereocenters. The van der Waals surface area contributed by atoms with Gasteiger partial charge in [-0.2, -0.15) is 0 Å². The molecule has 0 aliphatic heterocycles. The molecule has 0 saturated carbocycles. The molecular formula is C21H26N4O4. The highest BCUT2D eigenvalue weighted by Crippen LogP contribution is 2.19. The van der Waals surface area contributed by atoms with Crippen LogP contribution in [0, 0.1) is 0 Å². The van der Waals surface area contributed by atoms with Crippen LogP contribution < -0.4 is 26.5 Å². The second kappa shape index (κ2) is 10.1. The van der Waals surface area contributed by atoms with Crippen molar-refractivity contribution in [3.8, 4) is 17.1 Å². The molecule has 8 heteroatoms. The normalized spacial score (nSPS) is 12.5. The molecule has 0 aliphatic carbocycles. The zero-order chi connectivity index (χ0) is 21.4. The number of carbonyl (C=O) groups excluding carboxylic acids is 2. The van der Waals surface area contributed by atoms with E-state index < -0.39 is 12.0 Å². The third-order valence-corrected chi connectivity index (χ3v) is 3.83. The van der Waals surface area contributed by atoms with E-state index in [9.17, 15) is 9.59 Å². The minimum Gasteiger partial charge on any atom is -0.492 e. The largest absolute Gasteiger partial charge is 0.492 e. The van der Waals surface area contributed by atoms with Crippen LogP contribution in [0.25, 0.3) is 23.0 Å². The molecule has 154 valence electrons. The van der Waals surface area contributed by atoms with Gasteiger partial charge in [0.25, 0.3) is 0 Å². The minimum absolute atomic E-state index is 0.176. The number of rotatable bonds is 8. The second-order valence-corrected chi connectivity index (χ2v) is 6.50. The fourth-order valence-corrected chi connectivity index (χ4v) is 2.48. The van der Waals surface area contributed by atoms with E-state index in [0.717, 1.165) is 5.56 Å². The summed E-state index contributed by atoms with van der Waals surface area (Å²) in [5.41, 5.74) is 6.52. The number of ether oxygens (including phenoxy) is 2. The monoisotopic (exact) mass is 398 g/mol. The maximum Gasteiger partial charge on any atom is 0.407 e. The van der Waals surface area contributed by atoms with Crippen LogP contribution in [0.1, 0.15) is 20.8 Å². The van der Waals surface area contributed by atoms with Gasteiger partial charge < -0.3 is 25.5 Å². The van der Waals surface area contributed by atoms with E-state index in [4.69, 9.17) is 15.2 Å². The summed E-state index contributed by atoms with van der Waals surface area (Å²) in [4.78, 5) is 30.7. The van der Waals surface area contributed by atoms with E-state index in [0.29, 0.717) is 34.4 Å². The number of aromatic nitrogens is 2. The van der Waals surface area contributed by atoms with Gasteiger partial charge in [-0.15, -0.1) is 0 Å². The van der Waals surface area contributed by atoms with E-state index in [1.165, 1.54) is 0 Å². The van der Waals surface area contributed by atoms with E-state index in [1.54, 1.807) is 39.0 Å². The molecule has 1 aromatic carbocycles. The Hall–Kier alpha value is -3.55. The summed E-state index contributed by atoms with van der Waals surface area (Å²) >= 11 is 0. The maximum atomic E-state index is 11.5. The smallest absolute Gasteiger partial charge is 0.407 e. The van der Waals surface area contributed by atoms with Crippen molar-refractivity contribution in [1.29, 1.82) is 0 Å². The number of nitrogens with two attached hydrogens (primary N) is 1. The molecule has 0 spiro atoms. The number of allylic oxidation sites excluding steroid dienone is 1. The predicted molar refractivity (Wildman–Crippen MR) is 111 cm³/mol. The van der Waals surface area contributed by atoms with Crippen molar-refractivity contribution >= 4 is 23.6 Å². The van der Waals surface area contributed by atoms with Crippen molar-refractivity contribution in [1.82, 2.24) is 15.3 Å². The lowest BCUT2D eigenvalue weighted by Gasteiger charge is -2.10. The molecule has 1 heterocycles. The average Bonchev–Trinajstić information content (AvgIpc) is 3.08. The quantitative estimate of drug-likeness (QED) is 0.578. The molecule has 29 heavy (non-hydrogen) atoms. The standard InChI is InChI=1S/C21H26N4O4/c1-5-7-17-18(14(4)19(22)26)25-20(24-17)15-8-6-9-16(12-15)28-11-10-23-21(27)29-13(2)3/h5-9,12-13H,1,10-11H2,2-4H3,(H2,22,26)(H,23,27)(H,24,25)/b17-7+,18-14-. The highest BCUT2D eigenvalue weighted by atomic mass is 16.6. The third kappa shape index (κ3) is 6.24. The van der Waals surface area contributed by atoms with Crippen molar-refractivity contribution in [2.24, 2.45) is 5.73 Å². The van der Waals surface area contributed by atoms with E-state index in [1.807, 2.05) is 18.2 Å². The number of amides is 2. The first-order valence-electron chi connectivity index (χ1n) is 9.19. The summed E-state index contributed by atoms with van der Waals surface area (Å²) in [6.45, 7) is 9.46. The number of hydrogen-bond donors (Lipinski definition) is 3. The summed E-state index contributed by atoms with van der Waals surface area (Å²) in [5.74, 6) is 0.643. The lowest BCUT2D eigenvalue weighted by atomic mass is 10.2. The first-order valence-corrected chi connectivity index (χ1v) is 9.19. The molecule has 2 rings (SSSR count).